The van der Waals surface area contributed by atoms with Crippen LogP contribution in [0.15, 0.2) is 52.2 Å². The van der Waals surface area contributed by atoms with Crippen molar-refractivity contribution in [2.75, 3.05) is 13.2 Å². The Bertz CT molecular complexity index is 1030. The smallest absolute Gasteiger partial charge is 0.330 e. The van der Waals surface area contributed by atoms with E-state index in [1.807, 2.05) is 30.3 Å². The summed E-state index contributed by atoms with van der Waals surface area (Å²) in [4.78, 5) is 25.6. The van der Waals surface area contributed by atoms with Crippen LogP contribution in [0.1, 0.15) is 30.7 Å². The lowest BCUT2D eigenvalue weighted by Crippen LogP contribution is -2.38. The molecule has 0 amide bonds. The highest BCUT2D eigenvalue weighted by molar-refractivity contribution is 7.45. The van der Waals surface area contributed by atoms with E-state index in [4.69, 9.17) is 13.8 Å². The number of rotatable bonds is 5. The highest BCUT2D eigenvalue weighted by atomic mass is 31.2. The Hall–Kier alpha value is -1.91. The molecule has 0 saturated carbocycles. The van der Waals surface area contributed by atoms with Gasteiger partial charge in [-0.2, -0.15) is 0 Å². The maximum absolute atomic E-state index is 12.2. The number of benzene rings is 1. The second kappa shape index (κ2) is 8.55. The van der Waals surface area contributed by atoms with Gasteiger partial charge in [-0.05, 0) is 18.4 Å². The molecule has 1 aromatic carbocycles. The van der Waals surface area contributed by atoms with E-state index in [1.54, 1.807) is 0 Å². The first-order valence-corrected chi connectivity index (χ1v) is 11.4. The van der Waals surface area contributed by atoms with Crippen molar-refractivity contribution in [2.24, 2.45) is 0 Å². The largest absolute Gasteiger partial charge is 0.394 e. The number of aromatic amines is 1. The van der Waals surface area contributed by atoms with Crippen molar-refractivity contribution in [3.8, 4) is 0 Å². The molecule has 11 heteroatoms. The van der Waals surface area contributed by atoms with Gasteiger partial charge in [0.25, 0.3) is 14.1 Å². The Kier molecular flexibility index (Phi) is 5.78. The van der Waals surface area contributed by atoms with Crippen LogP contribution in [0.3, 0.4) is 0 Å². The normalized spacial score (nSPS) is 35.5. The molecule has 0 radical (unpaired) electrons. The molecule has 3 saturated heterocycles. The van der Waals surface area contributed by atoms with Crippen LogP contribution in [0.5, 0.6) is 0 Å². The number of H-pyrrole nitrogens is 1. The lowest BCUT2D eigenvalue weighted by molar-refractivity contribution is -0.0545. The Labute approximate surface area is 179 Å². The van der Waals surface area contributed by atoms with Crippen LogP contribution in [-0.4, -0.2) is 61.9 Å². The van der Waals surface area contributed by atoms with Crippen molar-refractivity contribution < 1.29 is 24.0 Å². The number of hydrogen-bond acceptors (Lipinski definition) is 8. The van der Waals surface area contributed by atoms with E-state index in [2.05, 4.69) is 9.65 Å². The van der Waals surface area contributed by atoms with Crippen molar-refractivity contribution >= 4 is 8.53 Å². The van der Waals surface area contributed by atoms with Crippen LogP contribution in [0.2, 0.25) is 0 Å². The summed E-state index contributed by atoms with van der Waals surface area (Å²) in [6.45, 7) is 0.432. The van der Waals surface area contributed by atoms with Crippen LogP contribution in [0.25, 0.3) is 0 Å². The Morgan fingerprint density at radius 1 is 1.23 bits per heavy atom. The zero-order valence-electron chi connectivity index (χ0n) is 16.6. The Morgan fingerprint density at radius 3 is 2.77 bits per heavy atom. The van der Waals surface area contributed by atoms with Crippen LogP contribution >= 0.6 is 8.53 Å². The summed E-state index contributed by atoms with van der Waals surface area (Å²) in [7, 11) is -1.48. The summed E-state index contributed by atoms with van der Waals surface area (Å²) in [6, 6.07) is 11.3. The van der Waals surface area contributed by atoms with E-state index in [1.165, 1.54) is 12.3 Å². The van der Waals surface area contributed by atoms with E-state index in [0.717, 1.165) is 29.5 Å². The summed E-state index contributed by atoms with van der Waals surface area (Å²) in [5, 5.41) is 20.7. The van der Waals surface area contributed by atoms with Gasteiger partial charge in [-0.15, -0.1) is 0 Å². The zero-order valence-corrected chi connectivity index (χ0v) is 17.5. The van der Waals surface area contributed by atoms with Crippen molar-refractivity contribution in [3.63, 3.8) is 0 Å². The zero-order chi connectivity index (χ0) is 21.5. The average molecular weight is 449 g/mol. The minimum absolute atomic E-state index is 0.125. The molecule has 4 heterocycles. The van der Waals surface area contributed by atoms with Gasteiger partial charge in [0.2, 0.25) is 0 Å². The lowest BCUT2D eigenvalue weighted by atomic mass is 10.0. The van der Waals surface area contributed by atoms with E-state index in [-0.39, 0.29) is 12.1 Å². The van der Waals surface area contributed by atoms with E-state index >= 15 is 0 Å². The molecule has 10 nitrogen and oxygen atoms in total. The third-order valence-corrected chi connectivity index (χ3v) is 7.73. The molecular weight excluding hydrogens is 425 g/mol. The SMILES string of the molecule is O=c1ccn([C@@H]2O[C@H](CO)[C@@H](OP3O[C@@H](c4ccccc4)[C@H]4CCCN43)[C@H]2O)c(=O)[nH]1. The standard InChI is InChI=1S/C20H24N3O7P/c24-11-14-18(16(26)19(28-14)22-10-8-15(25)21-20(22)27)30-31-23-9-4-7-13(23)17(29-31)12-5-2-1-3-6-12/h1-3,5-6,8,10,13-14,16-19,24,26H,4,7,9,11H2,(H,21,25,27)/t13-,14-,16-,17+,18-,19-,31?/m1/s1. The molecule has 0 aliphatic carbocycles. The van der Waals surface area contributed by atoms with Gasteiger partial charge >= 0.3 is 5.69 Å². The first-order chi connectivity index (χ1) is 15.1. The summed E-state index contributed by atoms with van der Waals surface area (Å²) in [6.07, 6.45) is -0.915. The van der Waals surface area contributed by atoms with E-state index in [9.17, 15) is 19.8 Å². The van der Waals surface area contributed by atoms with Crippen molar-refractivity contribution in [1.82, 2.24) is 14.2 Å². The lowest BCUT2D eigenvalue weighted by Gasteiger charge is -2.26. The topological polar surface area (TPSA) is 126 Å². The maximum Gasteiger partial charge on any atom is 0.330 e. The number of aliphatic hydroxyl groups excluding tert-OH is 2. The second-order valence-electron chi connectivity index (χ2n) is 7.87. The second-order valence-corrected chi connectivity index (χ2v) is 9.28. The van der Waals surface area contributed by atoms with Gasteiger partial charge in [0, 0.05) is 24.8 Å². The molecule has 3 aliphatic heterocycles. The molecule has 3 fully saturated rings. The highest BCUT2D eigenvalue weighted by Crippen LogP contribution is 2.61. The maximum atomic E-state index is 12.2. The molecule has 0 spiro atoms. The fourth-order valence-corrected chi connectivity index (χ4v) is 6.49. The third-order valence-electron chi connectivity index (χ3n) is 5.99. The first-order valence-electron chi connectivity index (χ1n) is 10.3. The summed E-state index contributed by atoms with van der Waals surface area (Å²) in [5.41, 5.74) is -0.178. The number of ether oxygens (including phenoxy) is 1. The van der Waals surface area contributed by atoms with Gasteiger partial charge < -0.3 is 24.0 Å². The number of nitrogens with one attached hydrogen (secondary N) is 1. The van der Waals surface area contributed by atoms with Gasteiger partial charge in [-0.25, -0.2) is 9.46 Å². The number of nitrogens with zero attached hydrogens (tertiary/aromatic N) is 2. The monoisotopic (exact) mass is 449 g/mol. The van der Waals surface area contributed by atoms with Crippen molar-refractivity contribution in [2.45, 2.75) is 49.5 Å². The number of aromatic nitrogens is 2. The molecule has 31 heavy (non-hydrogen) atoms. The third kappa shape index (κ3) is 3.78. The number of aliphatic hydroxyl groups is 2. The van der Waals surface area contributed by atoms with Gasteiger partial charge in [-0.3, -0.25) is 14.3 Å². The molecule has 166 valence electrons. The summed E-state index contributed by atoms with van der Waals surface area (Å²) >= 11 is 0. The fraction of sp³-hybridized carbons (Fsp3) is 0.500. The minimum atomic E-state index is -1.48. The van der Waals surface area contributed by atoms with Crippen molar-refractivity contribution in [1.29, 1.82) is 0 Å². The van der Waals surface area contributed by atoms with E-state index < -0.39 is 50.9 Å². The molecule has 1 unspecified atom stereocenters. The molecular formula is C20H24N3O7P. The predicted molar refractivity (Wildman–Crippen MR) is 110 cm³/mol. The molecule has 3 aliphatic rings. The quantitative estimate of drug-likeness (QED) is 0.568. The van der Waals surface area contributed by atoms with Crippen LogP contribution in [0.4, 0.5) is 0 Å². The van der Waals surface area contributed by atoms with Crippen molar-refractivity contribution in [3.05, 3.63) is 69.0 Å². The number of fused-ring (bicyclic) bond motifs is 1. The molecule has 1 aromatic heterocycles. The average Bonchev–Trinajstić information content (AvgIpc) is 3.45. The molecule has 2 aromatic rings. The Morgan fingerprint density at radius 2 is 2.03 bits per heavy atom. The van der Waals surface area contributed by atoms with Crippen LogP contribution < -0.4 is 11.2 Å². The summed E-state index contributed by atoms with van der Waals surface area (Å²) in [5.74, 6) is 0. The predicted octanol–water partition coefficient (Wildman–Crippen LogP) is 0.635. The van der Waals surface area contributed by atoms with E-state index in [0.29, 0.717) is 0 Å². The van der Waals surface area contributed by atoms with Gasteiger partial charge in [0.15, 0.2) is 6.23 Å². The van der Waals surface area contributed by atoms with Crippen LogP contribution in [0, 0.1) is 0 Å². The molecule has 7 atom stereocenters. The molecule has 5 rings (SSSR count). The van der Waals surface area contributed by atoms with Gasteiger partial charge in [0.1, 0.15) is 24.4 Å². The highest BCUT2D eigenvalue weighted by Gasteiger charge is 2.52. The molecule has 0 bridgehead atoms. The minimum Gasteiger partial charge on any atom is -0.394 e. The van der Waals surface area contributed by atoms with Crippen LogP contribution in [-0.2, 0) is 13.8 Å². The fourth-order valence-electron chi connectivity index (χ4n) is 4.49. The number of hydrogen-bond donors (Lipinski definition) is 3. The van der Waals surface area contributed by atoms with Gasteiger partial charge in [-0.1, -0.05) is 30.3 Å². The molecule has 3 N–H and O–H groups in total. The first kappa shape index (κ1) is 21.0. The summed E-state index contributed by atoms with van der Waals surface area (Å²) < 4.78 is 21.5. The van der Waals surface area contributed by atoms with Gasteiger partial charge in [0.05, 0.1) is 6.61 Å². The Balaban J connectivity index is 1.37.